The molecule has 0 amide bonds. The summed E-state index contributed by atoms with van der Waals surface area (Å²) in [6.45, 7) is 2.68. The van der Waals surface area contributed by atoms with E-state index in [1.54, 1.807) is 0 Å². The van der Waals surface area contributed by atoms with Gasteiger partial charge in [0.1, 0.15) is 13.2 Å². The molecule has 5 heteroatoms. The van der Waals surface area contributed by atoms with Crippen LogP contribution in [0.4, 0.5) is 5.69 Å². The molecule has 0 saturated carbocycles. The van der Waals surface area contributed by atoms with Gasteiger partial charge in [0.25, 0.3) is 0 Å². The largest absolute Gasteiger partial charge is 0.487 e. The second kappa shape index (κ2) is 9.15. The monoisotopic (exact) mass is 387 g/mol. The SMILES string of the molecule is Nc1ccc(C(COc2ccccc2OCc2ccccc2)N2C=NCC2)cc1. The van der Waals surface area contributed by atoms with Gasteiger partial charge in [-0.25, -0.2) is 0 Å². The Morgan fingerprint density at radius 2 is 1.55 bits per heavy atom. The summed E-state index contributed by atoms with van der Waals surface area (Å²) in [6.07, 6.45) is 1.90. The van der Waals surface area contributed by atoms with E-state index in [-0.39, 0.29) is 6.04 Å². The van der Waals surface area contributed by atoms with Gasteiger partial charge in [-0.05, 0) is 35.4 Å². The third-order valence-electron chi connectivity index (χ3n) is 4.92. The molecule has 1 unspecified atom stereocenters. The quantitative estimate of drug-likeness (QED) is 0.585. The van der Waals surface area contributed by atoms with Crippen molar-refractivity contribution in [2.75, 3.05) is 25.4 Å². The predicted molar refractivity (Wildman–Crippen MR) is 116 cm³/mol. The van der Waals surface area contributed by atoms with Gasteiger partial charge in [-0.15, -0.1) is 0 Å². The van der Waals surface area contributed by atoms with Gasteiger partial charge in [-0.1, -0.05) is 54.6 Å². The van der Waals surface area contributed by atoms with Crippen LogP contribution in [0.1, 0.15) is 17.2 Å². The van der Waals surface area contributed by atoms with Gasteiger partial charge >= 0.3 is 0 Å². The summed E-state index contributed by atoms with van der Waals surface area (Å²) in [6, 6.07) is 25.9. The highest BCUT2D eigenvalue weighted by Gasteiger charge is 2.22. The van der Waals surface area contributed by atoms with E-state index in [0.29, 0.717) is 13.2 Å². The minimum Gasteiger partial charge on any atom is -0.487 e. The molecule has 29 heavy (non-hydrogen) atoms. The van der Waals surface area contributed by atoms with Crippen molar-refractivity contribution in [2.45, 2.75) is 12.6 Å². The molecule has 2 N–H and O–H groups in total. The Labute approximate surface area is 171 Å². The lowest BCUT2D eigenvalue weighted by Crippen LogP contribution is -2.30. The summed E-state index contributed by atoms with van der Waals surface area (Å²) in [5, 5.41) is 0. The molecule has 1 atom stereocenters. The first-order chi connectivity index (χ1) is 14.3. The number of benzene rings is 3. The number of rotatable bonds is 8. The molecule has 1 aliphatic rings. The maximum Gasteiger partial charge on any atom is 0.161 e. The summed E-state index contributed by atoms with van der Waals surface area (Å²) in [5.41, 5.74) is 8.88. The van der Waals surface area contributed by atoms with Crippen LogP contribution in [0.3, 0.4) is 0 Å². The molecular formula is C24H25N3O2. The molecule has 4 rings (SSSR count). The summed E-state index contributed by atoms with van der Waals surface area (Å²) in [5.74, 6) is 1.47. The van der Waals surface area contributed by atoms with Crippen molar-refractivity contribution in [3.63, 3.8) is 0 Å². The molecule has 3 aromatic rings. The Morgan fingerprint density at radius 3 is 2.24 bits per heavy atom. The highest BCUT2D eigenvalue weighted by atomic mass is 16.5. The fourth-order valence-electron chi connectivity index (χ4n) is 3.32. The Bertz CT molecular complexity index is 942. The summed E-state index contributed by atoms with van der Waals surface area (Å²) in [7, 11) is 0. The first kappa shape index (κ1) is 18.9. The first-order valence-corrected chi connectivity index (χ1v) is 9.79. The second-order valence-electron chi connectivity index (χ2n) is 6.97. The molecule has 0 fully saturated rings. The van der Waals surface area contributed by atoms with Crippen LogP contribution in [0.5, 0.6) is 11.5 Å². The minimum absolute atomic E-state index is 0.0593. The molecule has 1 aliphatic heterocycles. The number of hydrogen-bond donors (Lipinski definition) is 1. The van der Waals surface area contributed by atoms with E-state index >= 15 is 0 Å². The van der Waals surface area contributed by atoms with Gasteiger partial charge in [0.2, 0.25) is 0 Å². The van der Waals surface area contributed by atoms with Crippen LogP contribution in [0.15, 0.2) is 83.9 Å². The topological polar surface area (TPSA) is 60.1 Å². The fourth-order valence-corrected chi connectivity index (χ4v) is 3.32. The van der Waals surface area contributed by atoms with Gasteiger partial charge in [0.05, 0.1) is 18.9 Å². The third-order valence-corrected chi connectivity index (χ3v) is 4.92. The molecule has 0 saturated heterocycles. The Morgan fingerprint density at radius 1 is 0.862 bits per heavy atom. The summed E-state index contributed by atoms with van der Waals surface area (Å²) in [4.78, 5) is 6.57. The molecule has 0 radical (unpaired) electrons. The number of anilines is 1. The van der Waals surface area contributed by atoms with Gasteiger partial charge in [-0.3, -0.25) is 4.99 Å². The van der Waals surface area contributed by atoms with E-state index in [4.69, 9.17) is 15.2 Å². The molecule has 148 valence electrons. The van der Waals surface area contributed by atoms with E-state index in [1.165, 1.54) is 0 Å². The lowest BCUT2D eigenvalue weighted by atomic mass is 10.1. The number of nitrogen functional groups attached to an aromatic ring is 1. The van der Waals surface area contributed by atoms with Crippen LogP contribution in [0.2, 0.25) is 0 Å². The van der Waals surface area contributed by atoms with Crippen molar-refractivity contribution in [1.82, 2.24) is 4.90 Å². The Hall–Kier alpha value is -3.47. The van der Waals surface area contributed by atoms with Crippen LogP contribution in [0, 0.1) is 0 Å². The lowest BCUT2D eigenvalue weighted by molar-refractivity contribution is 0.198. The van der Waals surface area contributed by atoms with Crippen LogP contribution < -0.4 is 15.2 Å². The number of nitrogens with zero attached hydrogens (tertiary/aromatic N) is 2. The zero-order valence-corrected chi connectivity index (χ0v) is 16.3. The summed E-state index contributed by atoms with van der Waals surface area (Å²) >= 11 is 0. The molecule has 1 heterocycles. The maximum atomic E-state index is 6.23. The van der Waals surface area contributed by atoms with Crippen molar-refractivity contribution in [2.24, 2.45) is 4.99 Å². The Kier molecular flexibility index (Phi) is 5.95. The van der Waals surface area contributed by atoms with E-state index in [0.717, 1.165) is 41.4 Å². The van der Waals surface area contributed by atoms with Gasteiger partial charge in [0, 0.05) is 12.2 Å². The molecular weight excluding hydrogens is 362 g/mol. The third kappa shape index (κ3) is 4.88. The number of nitrogens with two attached hydrogens (primary N) is 1. The number of ether oxygens (including phenoxy) is 2. The zero-order valence-electron chi connectivity index (χ0n) is 16.3. The zero-order chi connectivity index (χ0) is 19.9. The van der Waals surface area contributed by atoms with E-state index in [9.17, 15) is 0 Å². The van der Waals surface area contributed by atoms with Crippen LogP contribution in [-0.2, 0) is 6.61 Å². The van der Waals surface area contributed by atoms with Crippen molar-refractivity contribution >= 4 is 12.0 Å². The molecule has 0 bridgehead atoms. The molecule has 3 aromatic carbocycles. The van der Waals surface area contributed by atoms with E-state index < -0.39 is 0 Å². The fraction of sp³-hybridized carbons (Fsp3) is 0.208. The maximum absolute atomic E-state index is 6.23. The molecule has 0 aromatic heterocycles. The van der Waals surface area contributed by atoms with Crippen molar-refractivity contribution in [3.05, 3.63) is 90.0 Å². The molecule has 5 nitrogen and oxygen atoms in total. The predicted octanol–water partition coefficient (Wildman–Crippen LogP) is 4.31. The first-order valence-electron chi connectivity index (χ1n) is 9.79. The van der Waals surface area contributed by atoms with Crippen molar-refractivity contribution in [3.8, 4) is 11.5 Å². The normalized spacial score (nSPS) is 14.0. The lowest BCUT2D eigenvalue weighted by Gasteiger charge is -2.27. The smallest absolute Gasteiger partial charge is 0.161 e. The van der Waals surface area contributed by atoms with Crippen molar-refractivity contribution in [1.29, 1.82) is 0 Å². The van der Waals surface area contributed by atoms with Gasteiger partial charge in [0.15, 0.2) is 11.5 Å². The molecule has 0 aliphatic carbocycles. The minimum atomic E-state index is 0.0593. The van der Waals surface area contributed by atoms with E-state index in [1.807, 2.05) is 85.2 Å². The second-order valence-corrected chi connectivity index (χ2v) is 6.97. The highest BCUT2D eigenvalue weighted by molar-refractivity contribution is 5.58. The van der Waals surface area contributed by atoms with Crippen LogP contribution >= 0.6 is 0 Å². The van der Waals surface area contributed by atoms with E-state index in [2.05, 4.69) is 9.89 Å². The number of hydrogen-bond acceptors (Lipinski definition) is 5. The Balaban J connectivity index is 1.47. The number of para-hydroxylation sites is 2. The van der Waals surface area contributed by atoms with Gasteiger partial charge < -0.3 is 20.1 Å². The highest BCUT2D eigenvalue weighted by Crippen LogP contribution is 2.30. The number of aliphatic imine (C=N–C) groups is 1. The van der Waals surface area contributed by atoms with Crippen molar-refractivity contribution < 1.29 is 9.47 Å². The van der Waals surface area contributed by atoms with Gasteiger partial charge in [-0.2, -0.15) is 0 Å². The van der Waals surface area contributed by atoms with Crippen LogP contribution in [-0.4, -0.2) is 30.9 Å². The summed E-state index contributed by atoms with van der Waals surface area (Å²) < 4.78 is 12.2. The van der Waals surface area contributed by atoms with Crippen LogP contribution in [0.25, 0.3) is 0 Å². The average molecular weight is 387 g/mol. The standard InChI is InChI=1S/C24H25N3O2/c25-21-12-10-20(11-13-21)22(27-15-14-26-18-27)17-29-24-9-5-4-8-23(24)28-16-19-6-2-1-3-7-19/h1-13,18,22H,14-17,25H2. The molecule has 0 spiro atoms. The average Bonchev–Trinajstić information content (AvgIpc) is 3.30.